The van der Waals surface area contributed by atoms with Crippen LogP contribution in [-0.2, 0) is 32.9 Å². The predicted octanol–water partition coefficient (Wildman–Crippen LogP) is 2.19. The fourth-order valence-electron chi connectivity index (χ4n) is 4.43. The van der Waals surface area contributed by atoms with Gasteiger partial charge in [0.15, 0.2) is 5.69 Å². The van der Waals surface area contributed by atoms with Gasteiger partial charge in [-0.3, -0.25) is 9.52 Å². The van der Waals surface area contributed by atoms with Crippen molar-refractivity contribution >= 4 is 31.6 Å². The average molecular weight is 554 g/mol. The number of amides is 1. The zero-order valence-corrected chi connectivity index (χ0v) is 21.7. The van der Waals surface area contributed by atoms with Crippen molar-refractivity contribution in [1.29, 1.82) is 0 Å². The zero-order chi connectivity index (χ0) is 27.2. The first-order valence-corrected chi connectivity index (χ1v) is 14.4. The van der Waals surface area contributed by atoms with E-state index >= 15 is 0 Å². The topological polar surface area (TPSA) is 176 Å². The maximum Gasteiger partial charge on any atom is 0.269 e. The van der Waals surface area contributed by atoms with Gasteiger partial charge in [0.2, 0.25) is 10.0 Å². The molecule has 0 spiro atoms. The van der Waals surface area contributed by atoms with Crippen molar-refractivity contribution in [3.8, 4) is 22.7 Å². The number of nitrogens with zero attached hydrogens (tertiary/aromatic N) is 2. The maximum atomic E-state index is 13.0. The van der Waals surface area contributed by atoms with Crippen LogP contribution in [0.1, 0.15) is 21.6 Å². The highest BCUT2D eigenvalue weighted by Crippen LogP contribution is 2.38. The Morgan fingerprint density at radius 3 is 2.21 bits per heavy atom. The number of carbonyl (C=O) groups is 1. The predicted molar refractivity (Wildman–Crippen MR) is 140 cm³/mol. The van der Waals surface area contributed by atoms with Gasteiger partial charge >= 0.3 is 0 Å². The third-order valence-electron chi connectivity index (χ3n) is 6.26. The Bertz CT molecular complexity index is 1780. The number of hydrogen-bond acceptors (Lipinski definition) is 7. The van der Waals surface area contributed by atoms with Gasteiger partial charge in [0, 0.05) is 16.8 Å². The van der Waals surface area contributed by atoms with Crippen molar-refractivity contribution in [3.63, 3.8) is 0 Å². The van der Waals surface area contributed by atoms with Gasteiger partial charge in [0.25, 0.3) is 15.9 Å². The van der Waals surface area contributed by atoms with E-state index in [1.165, 1.54) is 48.2 Å². The number of primary sulfonamides is 1. The van der Waals surface area contributed by atoms with E-state index in [2.05, 4.69) is 9.82 Å². The number of sulfonamides is 2. The molecule has 38 heavy (non-hydrogen) atoms. The summed E-state index contributed by atoms with van der Waals surface area (Å²) in [6.07, 6.45) is 1.08. The molecule has 11 nitrogen and oxygen atoms in total. The molecule has 0 saturated heterocycles. The Labute approximate surface area is 219 Å². The van der Waals surface area contributed by atoms with Crippen LogP contribution in [0.3, 0.4) is 0 Å². The minimum Gasteiger partial charge on any atom is -0.497 e. The second-order valence-corrected chi connectivity index (χ2v) is 11.9. The number of primary amides is 1. The fraction of sp³-hybridized carbons (Fsp3) is 0.120. The number of aryl methyl sites for hydroxylation is 1. The van der Waals surface area contributed by atoms with E-state index in [1.54, 1.807) is 24.3 Å². The number of nitrogens with one attached hydrogen (secondary N) is 1. The first kappa shape index (κ1) is 25.4. The number of carbonyl (C=O) groups excluding carboxylic acids is 1. The van der Waals surface area contributed by atoms with Crippen LogP contribution in [0.5, 0.6) is 5.75 Å². The molecule has 13 heteroatoms. The van der Waals surface area contributed by atoms with Gasteiger partial charge in [-0.25, -0.2) is 26.7 Å². The molecule has 0 bridgehead atoms. The van der Waals surface area contributed by atoms with Crippen molar-refractivity contribution in [3.05, 3.63) is 83.6 Å². The van der Waals surface area contributed by atoms with Gasteiger partial charge in [-0.1, -0.05) is 6.07 Å². The molecule has 5 rings (SSSR count). The van der Waals surface area contributed by atoms with Crippen LogP contribution in [0.15, 0.2) is 76.5 Å². The molecule has 1 aliphatic carbocycles. The SMILES string of the molecule is COc1ccc(S(=O)(=O)Nc2ccc3c(c2)-c2c(c(C(N)=O)nn2-c2ccc(S(N)(=O)=O)cc2)CC3)cc1. The molecule has 0 saturated carbocycles. The maximum absolute atomic E-state index is 13.0. The highest BCUT2D eigenvalue weighted by Gasteiger charge is 2.29. The van der Waals surface area contributed by atoms with Crippen LogP contribution in [0.2, 0.25) is 0 Å². The van der Waals surface area contributed by atoms with Crippen molar-refractivity contribution in [2.75, 3.05) is 11.8 Å². The summed E-state index contributed by atoms with van der Waals surface area (Å²) in [6.45, 7) is 0. The van der Waals surface area contributed by atoms with Crippen LogP contribution in [0.25, 0.3) is 16.9 Å². The molecule has 1 aliphatic rings. The summed E-state index contributed by atoms with van der Waals surface area (Å²) in [7, 11) is -6.31. The Kier molecular flexibility index (Phi) is 6.21. The van der Waals surface area contributed by atoms with Gasteiger partial charge in [0.05, 0.1) is 28.3 Å². The Hall–Kier alpha value is -4.20. The summed E-state index contributed by atoms with van der Waals surface area (Å²) in [6, 6.07) is 16.9. The third kappa shape index (κ3) is 4.62. The van der Waals surface area contributed by atoms with Crippen molar-refractivity contribution in [2.24, 2.45) is 10.9 Å². The van der Waals surface area contributed by atoms with Crippen LogP contribution in [-0.4, -0.2) is 39.6 Å². The van der Waals surface area contributed by atoms with Crippen LogP contribution in [0, 0.1) is 0 Å². The standard InChI is InChI=1S/C25H23N5O6S2/c1-36-18-7-11-20(12-8-18)38(34,35)29-16-4-2-15-3-13-21-23(25(26)31)28-30(24(21)22(15)14-16)17-5-9-19(10-6-17)37(27,32)33/h2,4-12,14,29H,3,13H2,1H3,(H2,26,31)(H2,27,32,33). The number of ether oxygens (including phenoxy) is 1. The monoisotopic (exact) mass is 553 g/mol. The number of nitrogens with two attached hydrogens (primary N) is 2. The van der Waals surface area contributed by atoms with E-state index in [-0.39, 0.29) is 15.5 Å². The number of rotatable bonds is 7. The summed E-state index contributed by atoms with van der Waals surface area (Å²) >= 11 is 0. The minimum atomic E-state index is -3.90. The number of methoxy groups -OCH3 is 1. The number of anilines is 1. The molecular formula is C25H23N5O6S2. The Balaban J connectivity index is 1.60. The van der Waals surface area contributed by atoms with Crippen molar-refractivity contribution < 1.29 is 26.4 Å². The molecular weight excluding hydrogens is 530 g/mol. The molecule has 5 N–H and O–H groups in total. The zero-order valence-electron chi connectivity index (χ0n) is 20.1. The van der Waals surface area contributed by atoms with Crippen LogP contribution >= 0.6 is 0 Å². The minimum absolute atomic E-state index is 0.0627. The lowest BCUT2D eigenvalue weighted by atomic mass is 9.88. The molecule has 3 aromatic carbocycles. The first-order chi connectivity index (χ1) is 18.0. The number of aromatic nitrogens is 2. The molecule has 1 aromatic heterocycles. The lowest BCUT2D eigenvalue weighted by Crippen LogP contribution is -2.16. The van der Waals surface area contributed by atoms with E-state index in [0.29, 0.717) is 46.8 Å². The molecule has 0 aliphatic heterocycles. The van der Waals surface area contributed by atoms with Crippen LogP contribution in [0.4, 0.5) is 5.69 Å². The molecule has 1 amide bonds. The normalized spacial score (nSPS) is 12.9. The smallest absolute Gasteiger partial charge is 0.269 e. The number of fused-ring (bicyclic) bond motifs is 3. The Morgan fingerprint density at radius 1 is 0.947 bits per heavy atom. The molecule has 0 atom stereocenters. The van der Waals surface area contributed by atoms with E-state index < -0.39 is 26.0 Å². The average Bonchev–Trinajstić information content (AvgIpc) is 3.29. The molecule has 4 aromatic rings. The number of benzene rings is 3. The highest BCUT2D eigenvalue weighted by atomic mass is 32.2. The van der Waals surface area contributed by atoms with Gasteiger partial charge in [-0.05, 0) is 79.1 Å². The van der Waals surface area contributed by atoms with E-state index in [9.17, 15) is 21.6 Å². The summed E-state index contributed by atoms with van der Waals surface area (Å²) in [4.78, 5) is 12.2. The summed E-state index contributed by atoms with van der Waals surface area (Å²) < 4.78 is 58.6. The van der Waals surface area contributed by atoms with Gasteiger partial charge in [-0.15, -0.1) is 0 Å². The summed E-state index contributed by atoms with van der Waals surface area (Å²) in [5, 5.41) is 9.64. The molecule has 1 heterocycles. The second-order valence-electron chi connectivity index (χ2n) is 8.64. The fourth-order valence-corrected chi connectivity index (χ4v) is 6.00. The van der Waals surface area contributed by atoms with Crippen molar-refractivity contribution in [2.45, 2.75) is 22.6 Å². The highest BCUT2D eigenvalue weighted by molar-refractivity contribution is 7.92. The van der Waals surface area contributed by atoms with Gasteiger partial charge in [0.1, 0.15) is 5.75 Å². The molecule has 0 fully saturated rings. The lowest BCUT2D eigenvalue weighted by Gasteiger charge is -2.20. The largest absolute Gasteiger partial charge is 0.497 e. The van der Waals surface area contributed by atoms with E-state index in [4.69, 9.17) is 15.6 Å². The quantitative estimate of drug-likeness (QED) is 0.314. The van der Waals surface area contributed by atoms with Crippen LogP contribution < -0.4 is 20.3 Å². The van der Waals surface area contributed by atoms with E-state index in [0.717, 1.165) is 5.56 Å². The molecule has 0 radical (unpaired) electrons. The number of hydrogen-bond donors (Lipinski definition) is 3. The van der Waals surface area contributed by atoms with E-state index in [1.807, 2.05) is 6.07 Å². The third-order valence-corrected chi connectivity index (χ3v) is 8.58. The second kappa shape index (κ2) is 9.28. The van der Waals surface area contributed by atoms with Gasteiger partial charge < -0.3 is 10.5 Å². The summed E-state index contributed by atoms with van der Waals surface area (Å²) in [5.74, 6) is -0.179. The van der Waals surface area contributed by atoms with Crippen molar-refractivity contribution in [1.82, 2.24) is 9.78 Å². The summed E-state index contributed by atoms with van der Waals surface area (Å²) in [5.41, 5.74) is 9.25. The Morgan fingerprint density at radius 2 is 1.61 bits per heavy atom. The first-order valence-electron chi connectivity index (χ1n) is 11.3. The molecule has 0 unspecified atom stereocenters. The van der Waals surface area contributed by atoms with Gasteiger partial charge in [-0.2, -0.15) is 5.10 Å². The molecule has 196 valence electrons. The lowest BCUT2D eigenvalue weighted by molar-refractivity contribution is 0.0994.